The normalized spacial score (nSPS) is 17.8. The van der Waals surface area contributed by atoms with Crippen LogP contribution in [0.25, 0.3) is 0 Å². The number of hydrogen-bond acceptors (Lipinski definition) is 4. The largest absolute Gasteiger partial charge is 0.493 e. The third-order valence-corrected chi connectivity index (χ3v) is 3.64. The van der Waals surface area contributed by atoms with E-state index in [2.05, 4.69) is 0 Å². The molecule has 1 amide bonds. The van der Waals surface area contributed by atoms with E-state index in [4.69, 9.17) is 15.2 Å². The van der Waals surface area contributed by atoms with Gasteiger partial charge in [0, 0.05) is 19.1 Å². The number of hydrogen-bond donors (Lipinski definition) is 1. The minimum atomic E-state index is -0.00828. The molecule has 1 fully saturated rings. The second-order valence-electron chi connectivity index (χ2n) is 4.91. The van der Waals surface area contributed by atoms with Gasteiger partial charge in [-0.15, -0.1) is 12.4 Å². The minimum Gasteiger partial charge on any atom is -0.493 e. The molecule has 5 nitrogen and oxygen atoms in total. The Labute approximate surface area is 131 Å². The van der Waals surface area contributed by atoms with Gasteiger partial charge in [0.15, 0.2) is 18.1 Å². The van der Waals surface area contributed by atoms with Crippen molar-refractivity contribution in [2.45, 2.75) is 25.3 Å². The van der Waals surface area contributed by atoms with Gasteiger partial charge in [-0.3, -0.25) is 4.79 Å². The first-order valence-electron chi connectivity index (χ1n) is 7.01. The highest BCUT2D eigenvalue weighted by Gasteiger charge is 2.25. The Kier molecular flexibility index (Phi) is 7.32. The number of methoxy groups -OCH3 is 1. The Morgan fingerprint density at radius 2 is 2.05 bits per heavy atom. The third kappa shape index (κ3) is 4.51. The van der Waals surface area contributed by atoms with Gasteiger partial charge in [-0.25, -0.2) is 0 Å². The Morgan fingerprint density at radius 1 is 1.33 bits per heavy atom. The van der Waals surface area contributed by atoms with Crippen molar-refractivity contribution in [1.82, 2.24) is 4.90 Å². The fourth-order valence-corrected chi connectivity index (χ4v) is 2.53. The van der Waals surface area contributed by atoms with E-state index in [0.717, 1.165) is 25.8 Å². The molecule has 1 saturated heterocycles. The maximum absolute atomic E-state index is 12.2. The molecule has 1 heterocycles. The zero-order valence-electron chi connectivity index (χ0n) is 12.3. The van der Waals surface area contributed by atoms with Gasteiger partial charge in [0.05, 0.1) is 7.11 Å². The van der Waals surface area contributed by atoms with Crippen molar-refractivity contribution in [2.75, 3.05) is 26.8 Å². The van der Waals surface area contributed by atoms with Crippen LogP contribution in [0.15, 0.2) is 24.3 Å². The molecule has 118 valence electrons. The number of carbonyl (C=O) groups excluding carboxylic acids is 1. The molecule has 0 aromatic heterocycles. The van der Waals surface area contributed by atoms with Crippen molar-refractivity contribution in [3.63, 3.8) is 0 Å². The number of rotatable bonds is 5. The Morgan fingerprint density at radius 3 is 2.71 bits per heavy atom. The van der Waals surface area contributed by atoms with Crippen molar-refractivity contribution in [1.29, 1.82) is 0 Å². The van der Waals surface area contributed by atoms with Gasteiger partial charge in [0.25, 0.3) is 5.91 Å². The van der Waals surface area contributed by atoms with Crippen molar-refractivity contribution in [3.05, 3.63) is 24.3 Å². The number of halogens is 1. The number of carbonyl (C=O) groups is 1. The molecule has 0 spiro atoms. The molecule has 21 heavy (non-hydrogen) atoms. The zero-order chi connectivity index (χ0) is 14.4. The topological polar surface area (TPSA) is 64.8 Å². The number of ether oxygens (including phenoxy) is 2. The molecule has 6 heteroatoms. The van der Waals surface area contributed by atoms with Crippen LogP contribution >= 0.6 is 12.4 Å². The van der Waals surface area contributed by atoms with Crippen LogP contribution in [-0.2, 0) is 4.79 Å². The van der Waals surface area contributed by atoms with E-state index in [1.165, 1.54) is 0 Å². The Balaban J connectivity index is 0.00000220. The lowest BCUT2D eigenvalue weighted by atomic mass is 10.0. The highest BCUT2D eigenvalue weighted by atomic mass is 35.5. The summed E-state index contributed by atoms with van der Waals surface area (Å²) in [6.45, 7) is 1.31. The van der Waals surface area contributed by atoms with Gasteiger partial charge < -0.3 is 20.1 Å². The van der Waals surface area contributed by atoms with E-state index in [1.807, 2.05) is 23.1 Å². The molecule has 0 saturated carbocycles. The number of piperidine rings is 1. The summed E-state index contributed by atoms with van der Waals surface area (Å²) in [5.74, 6) is 1.21. The quantitative estimate of drug-likeness (QED) is 0.900. The summed E-state index contributed by atoms with van der Waals surface area (Å²) >= 11 is 0. The molecule has 0 radical (unpaired) electrons. The van der Waals surface area contributed by atoms with Crippen LogP contribution in [0, 0.1) is 0 Å². The van der Waals surface area contributed by atoms with E-state index >= 15 is 0 Å². The molecule has 0 aliphatic carbocycles. The lowest BCUT2D eigenvalue weighted by molar-refractivity contribution is -0.136. The number of nitrogens with zero attached hydrogens (tertiary/aromatic N) is 1. The molecule has 1 aliphatic rings. The summed E-state index contributed by atoms with van der Waals surface area (Å²) < 4.78 is 10.8. The Bertz CT molecular complexity index is 456. The molecule has 0 bridgehead atoms. The second-order valence-corrected chi connectivity index (χ2v) is 4.91. The number of nitrogens with two attached hydrogens (primary N) is 1. The van der Waals surface area contributed by atoms with E-state index < -0.39 is 0 Å². The number of likely N-dealkylation sites (tertiary alicyclic amines) is 1. The molecule has 1 aromatic rings. The molecule has 2 N–H and O–H groups in total. The maximum atomic E-state index is 12.2. The molecule has 1 unspecified atom stereocenters. The van der Waals surface area contributed by atoms with Gasteiger partial charge in [-0.2, -0.15) is 0 Å². The average Bonchev–Trinajstić information content (AvgIpc) is 2.52. The van der Waals surface area contributed by atoms with Crippen LogP contribution in [0.3, 0.4) is 0 Å². The first-order chi connectivity index (χ1) is 9.76. The first-order valence-corrected chi connectivity index (χ1v) is 7.01. The van der Waals surface area contributed by atoms with E-state index in [-0.39, 0.29) is 31.0 Å². The van der Waals surface area contributed by atoms with Crippen LogP contribution in [0.4, 0.5) is 0 Å². The summed E-state index contributed by atoms with van der Waals surface area (Å²) in [6, 6.07) is 7.47. The number of benzene rings is 1. The van der Waals surface area contributed by atoms with Crippen LogP contribution in [0.1, 0.15) is 19.3 Å². The molecule has 1 atom stereocenters. The maximum Gasteiger partial charge on any atom is 0.260 e. The molecule has 1 aromatic carbocycles. The summed E-state index contributed by atoms with van der Waals surface area (Å²) in [4.78, 5) is 14.1. The van der Waals surface area contributed by atoms with Crippen molar-refractivity contribution >= 4 is 18.3 Å². The van der Waals surface area contributed by atoms with Crippen LogP contribution in [0.2, 0.25) is 0 Å². The average molecular weight is 315 g/mol. The SMILES string of the molecule is COc1ccccc1OCC(=O)N1CCCCC1CN.Cl. The van der Waals surface area contributed by atoms with E-state index in [9.17, 15) is 4.79 Å². The van der Waals surface area contributed by atoms with Gasteiger partial charge in [0.1, 0.15) is 0 Å². The summed E-state index contributed by atoms with van der Waals surface area (Å²) in [6.07, 6.45) is 3.16. The van der Waals surface area contributed by atoms with Crippen molar-refractivity contribution < 1.29 is 14.3 Å². The van der Waals surface area contributed by atoms with E-state index in [1.54, 1.807) is 13.2 Å². The van der Waals surface area contributed by atoms with Gasteiger partial charge in [-0.1, -0.05) is 12.1 Å². The van der Waals surface area contributed by atoms with Crippen LogP contribution in [-0.4, -0.2) is 43.7 Å². The van der Waals surface area contributed by atoms with Gasteiger partial charge in [0.2, 0.25) is 0 Å². The molecule has 2 rings (SSSR count). The summed E-state index contributed by atoms with van der Waals surface area (Å²) in [5, 5.41) is 0. The predicted octanol–water partition coefficient (Wildman–Crippen LogP) is 1.84. The zero-order valence-corrected chi connectivity index (χ0v) is 13.1. The lowest BCUT2D eigenvalue weighted by Crippen LogP contribution is -2.49. The molecule has 1 aliphatic heterocycles. The Hall–Kier alpha value is -1.46. The first kappa shape index (κ1) is 17.6. The van der Waals surface area contributed by atoms with Crippen LogP contribution in [0.5, 0.6) is 11.5 Å². The highest BCUT2D eigenvalue weighted by Crippen LogP contribution is 2.26. The number of para-hydroxylation sites is 2. The minimum absolute atomic E-state index is 0. The standard InChI is InChI=1S/C15H22N2O3.ClH/c1-19-13-7-2-3-8-14(13)20-11-15(18)17-9-5-4-6-12(17)10-16;/h2-3,7-8,12H,4-6,9-11,16H2,1H3;1H. The summed E-state index contributed by atoms with van der Waals surface area (Å²) in [5.41, 5.74) is 5.73. The molecular formula is C15H23ClN2O3. The van der Waals surface area contributed by atoms with Crippen LogP contribution < -0.4 is 15.2 Å². The van der Waals surface area contributed by atoms with Crippen molar-refractivity contribution in [3.8, 4) is 11.5 Å². The monoisotopic (exact) mass is 314 g/mol. The predicted molar refractivity (Wildman–Crippen MR) is 84.1 cm³/mol. The summed E-state index contributed by atoms with van der Waals surface area (Å²) in [7, 11) is 1.58. The fourth-order valence-electron chi connectivity index (χ4n) is 2.53. The lowest BCUT2D eigenvalue weighted by Gasteiger charge is -2.34. The third-order valence-electron chi connectivity index (χ3n) is 3.64. The molecular weight excluding hydrogens is 292 g/mol. The van der Waals surface area contributed by atoms with E-state index in [0.29, 0.717) is 18.0 Å². The van der Waals surface area contributed by atoms with Gasteiger partial charge in [-0.05, 0) is 31.4 Å². The number of amides is 1. The highest BCUT2D eigenvalue weighted by molar-refractivity contribution is 5.85. The fraction of sp³-hybridized carbons (Fsp3) is 0.533. The smallest absolute Gasteiger partial charge is 0.260 e. The van der Waals surface area contributed by atoms with Crippen molar-refractivity contribution in [2.24, 2.45) is 5.73 Å². The van der Waals surface area contributed by atoms with Gasteiger partial charge >= 0.3 is 0 Å². The second kappa shape index (κ2) is 8.74.